The second kappa shape index (κ2) is 5.32. The maximum atomic E-state index is 11.7. The van der Waals surface area contributed by atoms with Gasteiger partial charge >= 0.3 is 0 Å². The predicted molar refractivity (Wildman–Crippen MR) is 56.6 cm³/mol. The zero-order valence-electron chi connectivity index (χ0n) is 8.99. The summed E-state index contributed by atoms with van der Waals surface area (Å²) in [5.74, 6) is 0. The summed E-state index contributed by atoms with van der Waals surface area (Å²) in [5.41, 5.74) is 0.744. The van der Waals surface area contributed by atoms with Gasteiger partial charge in [-0.1, -0.05) is 0 Å². The zero-order valence-corrected chi connectivity index (χ0v) is 8.99. The molecule has 0 spiro atoms. The van der Waals surface area contributed by atoms with Crippen LogP contribution in [0.3, 0.4) is 0 Å². The number of hydrogen-bond acceptors (Lipinski definition) is 3. The monoisotopic (exact) mass is 206 g/mol. The van der Waals surface area contributed by atoms with Crippen molar-refractivity contribution in [3.63, 3.8) is 0 Å². The van der Waals surface area contributed by atoms with Gasteiger partial charge in [-0.15, -0.1) is 0 Å². The third kappa shape index (κ3) is 2.67. The molecule has 0 aliphatic rings. The molecule has 0 saturated heterocycles. The first kappa shape index (κ1) is 11.5. The molecule has 0 aliphatic carbocycles. The molecule has 0 amide bonds. The molecule has 0 atom stereocenters. The van der Waals surface area contributed by atoms with Crippen LogP contribution < -0.4 is 5.56 Å². The van der Waals surface area contributed by atoms with E-state index in [1.54, 1.807) is 30.9 Å². The van der Waals surface area contributed by atoms with Crippen molar-refractivity contribution in [1.82, 2.24) is 4.57 Å². The minimum Gasteiger partial charge on any atom is -0.385 e. The Morgan fingerprint density at radius 1 is 1.60 bits per heavy atom. The average molecular weight is 206 g/mol. The summed E-state index contributed by atoms with van der Waals surface area (Å²) in [6.45, 7) is 2.96. The molecule has 0 unspecified atom stereocenters. The molecule has 1 heterocycles. The van der Waals surface area contributed by atoms with Crippen molar-refractivity contribution in [2.75, 3.05) is 13.7 Å². The Balaban J connectivity index is 2.92. The van der Waals surface area contributed by atoms with E-state index in [2.05, 4.69) is 0 Å². The number of aryl methyl sites for hydroxylation is 2. The lowest BCUT2D eigenvalue weighted by molar-refractivity contribution is 0.190. The summed E-state index contributed by atoms with van der Waals surface area (Å²) in [6, 6.07) is 3.71. The van der Waals surface area contributed by atoms with Gasteiger partial charge < -0.3 is 9.30 Å². The van der Waals surface area contributed by atoms with Crippen molar-refractivity contribution in [3.8, 4) is 6.07 Å². The molecular formula is C11H14N2O2. The molecule has 1 aromatic heterocycles. The van der Waals surface area contributed by atoms with Crippen molar-refractivity contribution in [2.24, 2.45) is 0 Å². The lowest BCUT2D eigenvalue weighted by Crippen LogP contribution is -2.23. The smallest absolute Gasteiger partial charge is 0.268 e. The lowest BCUT2D eigenvalue weighted by atomic mass is 10.2. The van der Waals surface area contributed by atoms with E-state index in [9.17, 15) is 4.79 Å². The van der Waals surface area contributed by atoms with Gasteiger partial charge in [-0.25, -0.2) is 0 Å². The fourth-order valence-electron chi connectivity index (χ4n) is 1.36. The maximum Gasteiger partial charge on any atom is 0.268 e. The Morgan fingerprint density at radius 2 is 2.33 bits per heavy atom. The van der Waals surface area contributed by atoms with Crippen LogP contribution in [0.1, 0.15) is 17.5 Å². The molecule has 0 N–H and O–H groups in total. The Morgan fingerprint density at radius 3 is 2.93 bits per heavy atom. The minimum absolute atomic E-state index is 0.214. The highest BCUT2D eigenvalue weighted by atomic mass is 16.5. The molecular weight excluding hydrogens is 192 g/mol. The Kier molecular flexibility index (Phi) is 4.07. The number of rotatable bonds is 4. The fourth-order valence-corrected chi connectivity index (χ4v) is 1.36. The third-order valence-corrected chi connectivity index (χ3v) is 2.23. The van der Waals surface area contributed by atoms with Gasteiger partial charge in [0, 0.05) is 26.5 Å². The largest absolute Gasteiger partial charge is 0.385 e. The number of aromatic nitrogens is 1. The van der Waals surface area contributed by atoms with E-state index in [1.165, 1.54) is 0 Å². The number of hydrogen-bond donors (Lipinski definition) is 0. The van der Waals surface area contributed by atoms with Gasteiger partial charge in [-0.2, -0.15) is 5.26 Å². The van der Waals surface area contributed by atoms with Crippen LogP contribution in [-0.2, 0) is 11.3 Å². The number of ether oxygens (including phenoxy) is 1. The summed E-state index contributed by atoms with van der Waals surface area (Å²) in [6.07, 6.45) is 2.48. The van der Waals surface area contributed by atoms with Gasteiger partial charge in [0.05, 0.1) is 0 Å². The molecule has 1 aromatic rings. The van der Waals surface area contributed by atoms with E-state index < -0.39 is 0 Å². The standard InChI is InChI=1S/C11H14N2O2/c1-9-4-6-13(5-3-7-15-2)11(14)10(9)8-12/h4,6H,3,5,7H2,1-2H3. The van der Waals surface area contributed by atoms with Crippen LogP contribution >= 0.6 is 0 Å². The maximum absolute atomic E-state index is 11.7. The molecule has 0 saturated carbocycles. The Labute approximate surface area is 88.7 Å². The van der Waals surface area contributed by atoms with Gasteiger partial charge in [0.1, 0.15) is 11.6 Å². The second-order valence-corrected chi connectivity index (χ2v) is 3.33. The van der Waals surface area contributed by atoms with E-state index in [0.717, 1.165) is 12.0 Å². The van der Waals surface area contributed by atoms with E-state index in [-0.39, 0.29) is 11.1 Å². The van der Waals surface area contributed by atoms with Crippen LogP contribution in [0, 0.1) is 18.3 Å². The molecule has 80 valence electrons. The van der Waals surface area contributed by atoms with Gasteiger partial charge in [-0.3, -0.25) is 4.79 Å². The molecule has 0 aromatic carbocycles. The van der Waals surface area contributed by atoms with Gasteiger partial charge in [0.2, 0.25) is 0 Å². The zero-order chi connectivity index (χ0) is 11.3. The highest BCUT2D eigenvalue weighted by Crippen LogP contribution is 2.00. The minimum atomic E-state index is -0.214. The summed E-state index contributed by atoms with van der Waals surface area (Å²) in [5, 5.41) is 8.81. The molecule has 4 heteroatoms. The summed E-state index contributed by atoms with van der Waals surface area (Å²) < 4.78 is 6.45. The van der Waals surface area contributed by atoms with Crippen LogP contribution in [0.15, 0.2) is 17.1 Å². The van der Waals surface area contributed by atoms with Gasteiger partial charge in [0.15, 0.2) is 0 Å². The quantitative estimate of drug-likeness (QED) is 0.692. The summed E-state index contributed by atoms with van der Waals surface area (Å²) in [7, 11) is 1.62. The highest BCUT2D eigenvalue weighted by Gasteiger charge is 2.05. The fraction of sp³-hybridized carbons (Fsp3) is 0.455. The second-order valence-electron chi connectivity index (χ2n) is 3.33. The molecule has 0 fully saturated rings. The van der Waals surface area contributed by atoms with Gasteiger partial charge in [-0.05, 0) is 25.0 Å². The van der Waals surface area contributed by atoms with Crippen molar-refractivity contribution >= 4 is 0 Å². The highest BCUT2D eigenvalue weighted by molar-refractivity contribution is 5.33. The first-order valence-electron chi connectivity index (χ1n) is 4.79. The van der Waals surface area contributed by atoms with Crippen molar-refractivity contribution in [3.05, 3.63) is 33.7 Å². The van der Waals surface area contributed by atoms with E-state index in [1.807, 2.05) is 6.07 Å². The van der Waals surface area contributed by atoms with E-state index in [0.29, 0.717) is 13.2 Å². The number of methoxy groups -OCH3 is 1. The van der Waals surface area contributed by atoms with Crippen molar-refractivity contribution in [2.45, 2.75) is 19.9 Å². The van der Waals surface area contributed by atoms with Crippen LogP contribution in [0.2, 0.25) is 0 Å². The molecule has 0 radical (unpaired) electrons. The number of nitrogens with zero attached hydrogens (tertiary/aromatic N) is 2. The van der Waals surface area contributed by atoms with Gasteiger partial charge in [0.25, 0.3) is 5.56 Å². The number of pyridine rings is 1. The van der Waals surface area contributed by atoms with Crippen LogP contribution in [0.4, 0.5) is 0 Å². The Hall–Kier alpha value is -1.60. The molecule has 0 aliphatic heterocycles. The van der Waals surface area contributed by atoms with E-state index in [4.69, 9.17) is 10.00 Å². The topological polar surface area (TPSA) is 55.0 Å². The van der Waals surface area contributed by atoms with Crippen molar-refractivity contribution < 1.29 is 4.74 Å². The van der Waals surface area contributed by atoms with Crippen LogP contribution in [0.25, 0.3) is 0 Å². The Bertz CT molecular complexity index is 429. The molecule has 0 bridgehead atoms. The lowest BCUT2D eigenvalue weighted by Gasteiger charge is -2.06. The van der Waals surface area contributed by atoms with Crippen LogP contribution in [-0.4, -0.2) is 18.3 Å². The predicted octanol–water partition coefficient (Wildman–Crippen LogP) is 1.06. The van der Waals surface area contributed by atoms with Crippen molar-refractivity contribution in [1.29, 1.82) is 5.26 Å². The SMILES string of the molecule is COCCCn1ccc(C)c(C#N)c1=O. The number of nitriles is 1. The molecule has 4 nitrogen and oxygen atoms in total. The molecule has 15 heavy (non-hydrogen) atoms. The summed E-state index contributed by atoms with van der Waals surface area (Å²) >= 11 is 0. The third-order valence-electron chi connectivity index (χ3n) is 2.23. The van der Waals surface area contributed by atoms with Crippen LogP contribution in [0.5, 0.6) is 0 Å². The normalized spacial score (nSPS) is 9.93. The molecule has 1 rings (SSSR count). The van der Waals surface area contributed by atoms with E-state index >= 15 is 0 Å². The first-order chi connectivity index (χ1) is 7.20. The summed E-state index contributed by atoms with van der Waals surface area (Å²) in [4.78, 5) is 11.7. The average Bonchev–Trinajstić information content (AvgIpc) is 2.22. The first-order valence-corrected chi connectivity index (χ1v) is 4.79.